The van der Waals surface area contributed by atoms with Crippen LogP contribution in [0.15, 0.2) is 42.5 Å². The smallest absolute Gasteiger partial charge is 0.490 e. The maximum Gasteiger partial charge on any atom is 0.490 e. The molecule has 1 aliphatic heterocycles. The molecular formula is C19H20F3NO4. The normalized spacial score (nSPS) is 13.8. The van der Waals surface area contributed by atoms with Gasteiger partial charge >= 0.3 is 12.1 Å². The summed E-state index contributed by atoms with van der Waals surface area (Å²) in [5.74, 6) is -1.15. The van der Waals surface area contributed by atoms with Crippen LogP contribution < -0.4 is 14.8 Å². The van der Waals surface area contributed by atoms with Crippen LogP contribution in [-0.4, -0.2) is 43.6 Å². The van der Waals surface area contributed by atoms with E-state index in [1.54, 1.807) is 7.11 Å². The first-order valence-corrected chi connectivity index (χ1v) is 8.14. The predicted octanol–water partition coefficient (Wildman–Crippen LogP) is 3.65. The Balaban J connectivity index is 0.000000321. The summed E-state index contributed by atoms with van der Waals surface area (Å²) in [7, 11) is 1.68. The van der Waals surface area contributed by atoms with Crippen molar-refractivity contribution in [1.82, 2.24) is 5.32 Å². The van der Waals surface area contributed by atoms with Gasteiger partial charge < -0.3 is 19.9 Å². The maximum atomic E-state index is 10.6. The Morgan fingerprint density at radius 1 is 1.15 bits per heavy atom. The van der Waals surface area contributed by atoms with Crippen molar-refractivity contribution in [3.8, 4) is 22.6 Å². The van der Waals surface area contributed by atoms with Gasteiger partial charge in [0.1, 0.15) is 6.10 Å². The summed E-state index contributed by atoms with van der Waals surface area (Å²) < 4.78 is 43.1. The highest BCUT2D eigenvalue weighted by molar-refractivity contribution is 5.73. The highest BCUT2D eigenvalue weighted by Crippen LogP contribution is 2.34. The lowest BCUT2D eigenvalue weighted by Gasteiger charge is -2.28. The molecule has 27 heavy (non-hydrogen) atoms. The van der Waals surface area contributed by atoms with Crippen LogP contribution in [0.25, 0.3) is 11.1 Å². The lowest BCUT2D eigenvalue weighted by atomic mass is 10.0. The number of carboxylic acids is 1. The van der Waals surface area contributed by atoms with E-state index in [2.05, 4.69) is 48.6 Å². The van der Waals surface area contributed by atoms with E-state index in [1.165, 1.54) is 11.1 Å². The van der Waals surface area contributed by atoms with Gasteiger partial charge in [-0.2, -0.15) is 13.2 Å². The van der Waals surface area contributed by atoms with Gasteiger partial charge in [-0.25, -0.2) is 4.79 Å². The molecule has 0 atom stereocenters. The second-order valence-electron chi connectivity index (χ2n) is 5.88. The number of aryl methyl sites for hydroxylation is 1. The Hall–Kier alpha value is -2.74. The average molecular weight is 383 g/mol. The quantitative estimate of drug-likeness (QED) is 0.844. The monoisotopic (exact) mass is 383 g/mol. The molecule has 0 saturated carbocycles. The van der Waals surface area contributed by atoms with Gasteiger partial charge in [-0.15, -0.1) is 0 Å². The summed E-state index contributed by atoms with van der Waals surface area (Å²) in [5, 5.41) is 10.3. The van der Waals surface area contributed by atoms with Crippen molar-refractivity contribution < 1.29 is 32.5 Å². The van der Waals surface area contributed by atoms with E-state index < -0.39 is 12.1 Å². The number of carbonyl (C=O) groups is 1. The first-order chi connectivity index (χ1) is 12.7. The third-order valence-electron chi connectivity index (χ3n) is 3.90. The standard InChI is InChI=1S/C17H19NO2.C2HF3O2/c1-12-5-3-4-6-15(12)13-7-8-16(19-2)17(9-13)20-14-10-18-11-14;3-2(4,5)1(6)7/h3-9,14,18H,10-11H2,1-2H3;(H,6,7). The number of aliphatic carboxylic acids is 1. The molecule has 2 aromatic carbocycles. The number of halogens is 3. The summed E-state index contributed by atoms with van der Waals surface area (Å²) >= 11 is 0. The number of nitrogens with one attached hydrogen (secondary N) is 1. The van der Waals surface area contributed by atoms with E-state index >= 15 is 0 Å². The molecule has 8 heteroatoms. The van der Waals surface area contributed by atoms with Crippen molar-refractivity contribution in [2.45, 2.75) is 19.2 Å². The zero-order valence-electron chi connectivity index (χ0n) is 14.8. The van der Waals surface area contributed by atoms with Crippen LogP contribution >= 0.6 is 0 Å². The van der Waals surface area contributed by atoms with Gasteiger partial charge in [0.25, 0.3) is 0 Å². The predicted molar refractivity (Wildman–Crippen MR) is 94.1 cm³/mol. The van der Waals surface area contributed by atoms with Gasteiger partial charge in [-0.05, 0) is 35.7 Å². The first kappa shape index (κ1) is 20.6. The third kappa shape index (κ3) is 5.62. The molecule has 1 fully saturated rings. The summed E-state index contributed by atoms with van der Waals surface area (Å²) in [6, 6.07) is 14.5. The molecule has 3 rings (SSSR count). The van der Waals surface area contributed by atoms with Crippen LogP contribution in [0.1, 0.15) is 5.56 Å². The third-order valence-corrected chi connectivity index (χ3v) is 3.90. The number of benzene rings is 2. The Kier molecular flexibility index (Phi) is 6.68. The van der Waals surface area contributed by atoms with Gasteiger partial charge in [0.15, 0.2) is 11.5 Å². The molecule has 0 unspecified atom stereocenters. The second kappa shape index (κ2) is 8.77. The molecule has 0 radical (unpaired) electrons. The highest BCUT2D eigenvalue weighted by atomic mass is 19.4. The largest absolute Gasteiger partial charge is 0.493 e. The minimum atomic E-state index is -5.08. The Labute approximate surface area is 154 Å². The fraction of sp³-hybridized carbons (Fsp3) is 0.316. The van der Waals surface area contributed by atoms with Crippen LogP contribution in [0.3, 0.4) is 0 Å². The Bertz CT molecular complexity index is 789. The number of carboxylic acid groups (broad SMARTS) is 1. The molecule has 1 heterocycles. The summed E-state index contributed by atoms with van der Waals surface area (Å²) in [4.78, 5) is 8.90. The molecule has 1 saturated heterocycles. The molecule has 2 N–H and O–H groups in total. The molecule has 0 bridgehead atoms. The van der Waals surface area contributed by atoms with Crippen molar-refractivity contribution in [3.63, 3.8) is 0 Å². The average Bonchev–Trinajstić information content (AvgIpc) is 2.58. The minimum absolute atomic E-state index is 0.246. The molecular weight excluding hydrogens is 363 g/mol. The van der Waals surface area contributed by atoms with E-state index in [0.717, 1.165) is 30.2 Å². The summed E-state index contributed by atoms with van der Waals surface area (Å²) in [6.45, 7) is 3.92. The Morgan fingerprint density at radius 2 is 1.78 bits per heavy atom. The molecule has 2 aromatic rings. The van der Waals surface area contributed by atoms with Crippen molar-refractivity contribution in [3.05, 3.63) is 48.0 Å². The number of hydrogen-bond donors (Lipinski definition) is 2. The number of hydrogen-bond acceptors (Lipinski definition) is 4. The molecule has 146 valence electrons. The zero-order valence-corrected chi connectivity index (χ0v) is 14.8. The van der Waals surface area contributed by atoms with Crippen LogP contribution in [0.4, 0.5) is 13.2 Å². The van der Waals surface area contributed by atoms with Gasteiger partial charge in [0.05, 0.1) is 7.11 Å². The molecule has 0 aromatic heterocycles. The molecule has 0 aliphatic carbocycles. The Morgan fingerprint density at radius 3 is 2.26 bits per heavy atom. The molecule has 0 amide bonds. The zero-order chi connectivity index (χ0) is 20.0. The lowest BCUT2D eigenvalue weighted by Crippen LogP contribution is -2.50. The summed E-state index contributed by atoms with van der Waals surface area (Å²) in [6.07, 6.45) is -4.84. The van der Waals surface area contributed by atoms with Crippen molar-refractivity contribution >= 4 is 5.97 Å². The van der Waals surface area contributed by atoms with Gasteiger partial charge in [0.2, 0.25) is 0 Å². The van der Waals surface area contributed by atoms with Crippen LogP contribution in [0.2, 0.25) is 0 Å². The van der Waals surface area contributed by atoms with Gasteiger partial charge in [-0.3, -0.25) is 0 Å². The van der Waals surface area contributed by atoms with E-state index in [9.17, 15) is 13.2 Å². The van der Waals surface area contributed by atoms with Crippen molar-refractivity contribution in [1.29, 1.82) is 0 Å². The van der Waals surface area contributed by atoms with Crippen molar-refractivity contribution in [2.75, 3.05) is 20.2 Å². The number of methoxy groups -OCH3 is 1. The minimum Gasteiger partial charge on any atom is -0.493 e. The lowest BCUT2D eigenvalue weighted by molar-refractivity contribution is -0.192. The van der Waals surface area contributed by atoms with E-state index in [1.807, 2.05) is 6.07 Å². The molecule has 1 aliphatic rings. The van der Waals surface area contributed by atoms with E-state index in [0.29, 0.717) is 0 Å². The molecule has 5 nitrogen and oxygen atoms in total. The van der Waals surface area contributed by atoms with Crippen LogP contribution in [0.5, 0.6) is 11.5 Å². The van der Waals surface area contributed by atoms with Crippen molar-refractivity contribution in [2.24, 2.45) is 0 Å². The van der Waals surface area contributed by atoms with E-state index in [-0.39, 0.29) is 6.10 Å². The number of alkyl halides is 3. The first-order valence-electron chi connectivity index (χ1n) is 8.14. The number of rotatable bonds is 4. The fourth-order valence-corrected chi connectivity index (χ4v) is 2.36. The highest BCUT2D eigenvalue weighted by Gasteiger charge is 2.38. The number of ether oxygens (including phenoxy) is 2. The van der Waals surface area contributed by atoms with Crippen LogP contribution in [-0.2, 0) is 4.79 Å². The topological polar surface area (TPSA) is 67.8 Å². The van der Waals surface area contributed by atoms with E-state index in [4.69, 9.17) is 19.4 Å². The second-order valence-corrected chi connectivity index (χ2v) is 5.88. The maximum absolute atomic E-state index is 10.6. The van der Waals surface area contributed by atoms with Gasteiger partial charge in [-0.1, -0.05) is 30.3 Å². The summed E-state index contributed by atoms with van der Waals surface area (Å²) in [5.41, 5.74) is 3.65. The molecule has 0 spiro atoms. The van der Waals surface area contributed by atoms with Gasteiger partial charge in [0, 0.05) is 13.1 Å². The van der Waals surface area contributed by atoms with Crippen LogP contribution in [0, 0.1) is 6.92 Å². The fourth-order valence-electron chi connectivity index (χ4n) is 2.36. The SMILES string of the molecule is COc1ccc(-c2ccccc2C)cc1OC1CNC1.O=C(O)C(F)(F)F.